The highest BCUT2D eigenvalue weighted by Gasteiger charge is 2.09. The molecule has 0 amide bonds. The molecule has 3 aromatic rings. The predicted molar refractivity (Wildman–Crippen MR) is 90.6 cm³/mol. The Bertz CT molecular complexity index is 824. The molecule has 23 heavy (non-hydrogen) atoms. The first kappa shape index (κ1) is 15.2. The summed E-state index contributed by atoms with van der Waals surface area (Å²) in [6, 6.07) is 9.31. The van der Waals surface area contributed by atoms with Gasteiger partial charge < -0.3 is 9.73 Å². The molecular weight excluding hydrogens is 290 g/mol. The van der Waals surface area contributed by atoms with Gasteiger partial charge in [-0.3, -0.25) is 4.79 Å². The summed E-state index contributed by atoms with van der Waals surface area (Å²) in [4.78, 5) is 19.4. The number of hydrogen-bond donors (Lipinski definition) is 1. The number of benzene rings is 1. The van der Waals surface area contributed by atoms with Gasteiger partial charge in [0.1, 0.15) is 17.9 Å². The van der Waals surface area contributed by atoms with E-state index in [9.17, 15) is 4.79 Å². The third-order valence-electron chi connectivity index (χ3n) is 3.68. The van der Waals surface area contributed by atoms with Gasteiger partial charge in [0.15, 0.2) is 12.0 Å². The third-order valence-corrected chi connectivity index (χ3v) is 3.68. The number of carbonyl (C=O) groups is 1. The number of aldehydes is 1. The van der Waals surface area contributed by atoms with Crippen molar-refractivity contribution in [1.29, 1.82) is 0 Å². The van der Waals surface area contributed by atoms with Gasteiger partial charge in [0.2, 0.25) is 0 Å². The van der Waals surface area contributed by atoms with Crippen molar-refractivity contribution in [3.8, 4) is 11.3 Å². The van der Waals surface area contributed by atoms with Crippen LogP contribution in [0, 0.1) is 5.92 Å². The quantitative estimate of drug-likeness (QED) is 0.692. The molecular formula is C18H19N3O2. The normalized spacial score (nSPS) is 11.1. The van der Waals surface area contributed by atoms with Crippen LogP contribution in [0.4, 0.5) is 5.82 Å². The molecule has 0 radical (unpaired) electrons. The highest BCUT2D eigenvalue weighted by atomic mass is 16.3. The summed E-state index contributed by atoms with van der Waals surface area (Å²) in [5, 5.41) is 4.32. The molecule has 0 atom stereocenters. The molecule has 0 aliphatic carbocycles. The number of rotatable bonds is 6. The van der Waals surface area contributed by atoms with Gasteiger partial charge in [0.05, 0.1) is 5.52 Å². The van der Waals surface area contributed by atoms with Gasteiger partial charge in [0.25, 0.3) is 0 Å². The average Bonchev–Trinajstić information content (AvgIpc) is 3.03. The Labute approximate surface area is 134 Å². The molecule has 0 bridgehead atoms. The number of carbonyl (C=O) groups excluding carboxylic acids is 1. The average molecular weight is 309 g/mol. The van der Waals surface area contributed by atoms with E-state index in [4.69, 9.17) is 4.42 Å². The monoisotopic (exact) mass is 309 g/mol. The second kappa shape index (κ2) is 6.60. The maximum Gasteiger partial charge on any atom is 0.185 e. The minimum absolute atomic E-state index is 0.319. The number of furan rings is 1. The zero-order valence-electron chi connectivity index (χ0n) is 13.2. The first-order valence-electron chi connectivity index (χ1n) is 7.71. The Balaban J connectivity index is 1.95. The number of hydrogen-bond acceptors (Lipinski definition) is 5. The smallest absolute Gasteiger partial charge is 0.185 e. The zero-order chi connectivity index (χ0) is 16.2. The van der Waals surface area contributed by atoms with E-state index in [2.05, 4.69) is 29.1 Å². The van der Waals surface area contributed by atoms with Crippen LogP contribution in [0.3, 0.4) is 0 Å². The van der Waals surface area contributed by atoms with Gasteiger partial charge in [-0.15, -0.1) is 0 Å². The lowest BCUT2D eigenvalue weighted by Crippen LogP contribution is -2.06. The van der Waals surface area contributed by atoms with E-state index in [1.165, 1.54) is 0 Å². The first-order chi connectivity index (χ1) is 11.2. The number of aromatic nitrogens is 2. The van der Waals surface area contributed by atoms with Crippen molar-refractivity contribution in [2.24, 2.45) is 5.92 Å². The Morgan fingerprint density at radius 2 is 2.09 bits per heavy atom. The van der Waals surface area contributed by atoms with Crippen LogP contribution in [-0.2, 0) is 0 Å². The van der Waals surface area contributed by atoms with Crippen molar-refractivity contribution in [3.05, 3.63) is 42.4 Å². The van der Waals surface area contributed by atoms with Gasteiger partial charge >= 0.3 is 0 Å². The van der Waals surface area contributed by atoms with Gasteiger partial charge in [0, 0.05) is 17.5 Å². The van der Waals surface area contributed by atoms with E-state index in [1.807, 2.05) is 18.2 Å². The van der Waals surface area contributed by atoms with E-state index < -0.39 is 0 Å². The Hall–Kier alpha value is -2.69. The third kappa shape index (κ3) is 3.39. The van der Waals surface area contributed by atoms with Crippen molar-refractivity contribution in [3.63, 3.8) is 0 Å². The molecule has 0 unspecified atom stereocenters. The minimum atomic E-state index is 0.319. The van der Waals surface area contributed by atoms with Crippen LogP contribution in [0.5, 0.6) is 0 Å². The van der Waals surface area contributed by atoms with Crippen LogP contribution >= 0.6 is 0 Å². The van der Waals surface area contributed by atoms with Crippen molar-refractivity contribution in [1.82, 2.24) is 9.97 Å². The Morgan fingerprint density at radius 3 is 2.83 bits per heavy atom. The second-order valence-electron chi connectivity index (χ2n) is 5.88. The molecule has 0 fully saturated rings. The van der Waals surface area contributed by atoms with E-state index >= 15 is 0 Å². The summed E-state index contributed by atoms with van der Waals surface area (Å²) in [5.74, 6) is 2.43. The molecule has 0 aliphatic heterocycles. The van der Waals surface area contributed by atoms with E-state index in [-0.39, 0.29) is 0 Å². The molecule has 0 saturated heterocycles. The van der Waals surface area contributed by atoms with Gasteiger partial charge in [-0.2, -0.15) is 0 Å². The summed E-state index contributed by atoms with van der Waals surface area (Å²) >= 11 is 0. The van der Waals surface area contributed by atoms with Crippen molar-refractivity contribution in [2.75, 3.05) is 11.9 Å². The summed E-state index contributed by atoms with van der Waals surface area (Å²) in [5.41, 5.74) is 1.77. The first-order valence-corrected chi connectivity index (χ1v) is 7.71. The maximum atomic E-state index is 10.8. The van der Waals surface area contributed by atoms with Crippen molar-refractivity contribution >= 4 is 23.0 Å². The van der Waals surface area contributed by atoms with Gasteiger partial charge in [-0.1, -0.05) is 13.8 Å². The summed E-state index contributed by atoms with van der Waals surface area (Å²) in [6.45, 7) is 5.25. The van der Waals surface area contributed by atoms with Crippen molar-refractivity contribution in [2.45, 2.75) is 20.3 Å². The number of fused-ring (bicyclic) bond motifs is 1. The molecule has 0 spiro atoms. The lowest BCUT2D eigenvalue weighted by atomic mass is 10.1. The standard InChI is InChI=1S/C18H19N3O2/c1-12(2)7-8-19-18-15-9-13(3-5-16(15)20-11-21-18)17-6-4-14(10-22)23-17/h3-6,9-12H,7-8H2,1-2H3,(H,19,20,21). The van der Waals surface area contributed by atoms with E-state index in [1.54, 1.807) is 18.5 Å². The molecule has 0 aliphatic rings. The minimum Gasteiger partial charge on any atom is -0.453 e. The van der Waals surface area contributed by atoms with Gasteiger partial charge in [-0.05, 0) is 42.7 Å². The second-order valence-corrected chi connectivity index (χ2v) is 5.88. The van der Waals surface area contributed by atoms with E-state index in [0.717, 1.165) is 35.2 Å². The molecule has 3 rings (SSSR count). The fourth-order valence-corrected chi connectivity index (χ4v) is 2.40. The Morgan fingerprint density at radius 1 is 1.22 bits per heavy atom. The topological polar surface area (TPSA) is 68.0 Å². The molecule has 5 heteroatoms. The lowest BCUT2D eigenvalue weighted by Gasteiger charge is -2.10. The summed E-state index contributed by atoms with van der Waals surface area (Å²) in [6.07, 6.45) is 3.34. The van der Waals surface area contributed by atoms with Crippen molar-refractivity contribution < 1.29 is 9.21 Å². The van der Waals surface area contributed by atoms with Gasteiger partial charge in [-0.25, -0.2) is 9.97 Å². The summed E-state index contributed by atoms with van der Waals surface area (Å²) in [7, 11) is 0. The van der Waals surface area contributed by atoms with Crippen LogP contribution in [0.15, 0.2) is 41.1 Å². The Kier molecular flexibility index (Phi) is 4.37. The van der Waals surface area contributed by atoms with Crippen LogP contribution in [0.2, 0.25) is 0 Å². The van der Waals surface area contributed by atoms with Crippen LogP contribution in [0.25, 0.3) is 22.2 Å². The number of nitrogens with zero attached hydrogens (tertiary/aromatic N) is 2. The largest absolute Gasteiger partial charge is 0.453 e. The summed E-state index contributed by atoms with van der Waals surface area (Å²) < 4.78 is 5.49. The fourth-order valence-electron chi connectivity index (χ4n) is 2.40. The fraction of sp³-hybridized carbons (Fsp3) is 0.278. The number of anilines is 1. The highest BCUT2D eigenvalue weighted by Crippen LogP contribution is 2.28. The van der Waals surface area contributed by atoms with Crippen LogP contribution in [-0.4, -0.2) is 22.8 Å². The zero-order valence-corrected chi connectivity index (χ0v) is 13.2. The maximum absolute atomic E-state index is 10.8. The molecule has 118 valence electrons. The van der Waals surface area contributed by atoms with Crippen LogP contribution in [0.1, 0.15) is 30.8 Å². The lowest BCUT2D eigenvalue weighted by molar-refractivity contribution is 0.110. The van der Waals surface area contributed by atoms with E-state index in [0.29, 0.717) is 23.7 Å². The molecule has 1 N–H and O–H groups in total. The molecule has 2 heterocycles. The molecule has 2 aromatic heterocycles. The number of nitrogens with one attached hydrogen (secondary N) is 1. The molecule has 5 nitrogen and oxygen atoms in total. The SMILES string of the molecule is CC(C)CCNc1ncnc2ccc(-c3ccc(C=O)o3)cc12. The van der Waals surface area contributed by atoms with Crippen LogP contribution < -0.4 is 5.32 Å². The molecule has 1 aromatic carbocycles. The highest BCUT2D eigenvalue weighted by molar-refractivity contribution is 5.92. The predicted octanol–water partition coefficient (Wildman–Crippen LogP) is 4.16. The molecule has 0 saturated carbocycles.